The zero-order valence-corrected chi connectivity index (χ0v) is 15.0. The minimum absolute atomic E-state index is 0.00343. The minimum atomic E-state index is 0.00343. The van der Waals surface area contributed by atoms with Gasteiger partial charge in [0.25, 0.3) is 0 Å². The van der Waals surface area contributed by atoms with Gasteiger partial charge < -0.3 is 10.1 Å². The summed E-state index contributed by atoms with van der Waals surface area (Å²) in [5.74, 6) is 2.38. The molecule has 1 unspecified atom stereocenters. The van der Waals surface area contributed by atoms with Crippen LogP contribution in [0.25, 0.3) is 0 Å². The Hall–Kier alpha value is -0.100. The highest BCUT2D eigenvalue weighted by molar-refractivity contribution is 7.99. The Morgan fingerprint density at radius 1 is 1.33 bits per heavy atom. The van der Waals surface area contributed by atoms with Crippen LogP contribution in [0.15, 0.2) is 0 Å². The number of fused-ring (bicyclic) bond motifs is 1. The third kappa shape index (κ3) is 2.78. The standard InChI is InChI=1S/C16H26N2OS2/c1-15(2)7-10-20-11-16(15,17-8-9-19-3)14-18-12-5-4-6-13(12)21-14/h17H,4-11H2,1-3H3. The number of hydrogen-bond donors (Lipinski definition) is 1. The summed E-state index contributed by atoms with van der Waals surface area (Å²) in [6.07, 6.45) is 4.93. The van der Waals surface area contributed by atoms with E-state index in [0.717, 1.165) is 18.9 Å². The number of thiazole rings is 1. The maximum absolute atomic E-state index is 5.26. The van der Waals surface area contributed by atoms with Crippen molar-refractivity contribution in [2.75, 3.05) is 31.8 Å². The highest BCUT2D eigenvalue weighted by Gasteiger charge is 2.50. The molecule has 1 aromatic heterocycles. The van der Waals surface area contributed by atoms with Gasteiger partial charge in [-0.2, -0.15) is 11.8 Å². The highest BCUT2D eigenvalue weighted by Crippen LogP contribution is 2.50. The maximum Gasteiger partial charge on any atom is 0.115 e. The fourth-order valence-electron chi connectivity index (χ4n) is 3.42. The van der Waals surface area contributed by atoms with Crippen molar-refractivity contribution in [3.8, 4) is 0 Å². The number of nitrogens with zero attached hydrogens (tertiary/aromatic N) is 1. The quantitative estimate of drug-likeness (QED) is 0.843. The van der Waals surface area contributed by atoms with Crippen LogP contribution in [0.1, 0.15) is 42.3 Å². The molecular formula is C16H26N2OS2. The van der Waals surface area contributed by atoms with Crippen LogP contribution in [0.2, 0.25) is 0 Å². The van der Waals surface area contributed by atoms with Crippen LogP contribution in [0.4, 0.5) is 0 Å². The van der Waals surface area contributed by atoms with Gasteiger partial charge in [0, 0.05) is 24.3 Å². The molecule has 0 aromatic carbocycles. The van der Waals surface area contributed by atoms with Crippen molar-refractivity contribution in [2.45, 2.75) is 45.1 Å². The van der Waals surface area contributed by atoms with Crippen molar-refractivity contribution in [3.05, 3.63) is 15.6 Å². The molecule has 118 valence electrons. The van der Waals surface area contributed by atoms with Crippen LogP contribution in [0, 0.1) is 5.41 Å². The van der Waals surface area contributed by atoms with Crippen molar-refractivity contribution in [3.63, 3.8) is 0 Å². The number of nitrogens with one attached hydrogen (secondary N) is 1. The lowest BCUT2D eigenvalue weighted by atomic mass is 9.71. The summed E-state index contributed by atoms with van der Waals surface area (Å²) in [5.41, 5.74) is 1.61. The molecule has 0 bridgehead atoms. The van der Waals surface area contributed by atoms with E-state index in [1.807, 2.05) is 11.3 Å². The summed E-state index contributed by atoms with van der Waals surface area (Å²) in [6.45, 7) is 6.45. The Balaban J connectivity index is 1.94. The molecule has 0 spiro atoms. The summed E-state index contributed by atoms with van der Waals surface area (Å²) in [7, 11) is 1.77. The topological polar surface area (TPSA) is 34.1 Å². The van der Waals surface area contributed by atoms with E-state index in [4.69, 9.17) is 9.72 Å². The van der Waals surface area contributed by atoms with Gasteiger partial charge in [-0.3, -0.25) is 0 Å². The minimum Gasteiger partial charge on any atom is -0.383 e. The van der Waals surface area contributed by atoms with Crippen LogP contribution >= 0.6 is 23.1 Å². The molecule has 1 aromatic rings. The highest BCUT2D eigenvalue weighted by atomic mass is 32.2. The first-order chi connectivity index (χ1) is 10.1. The van der Waals surface area contributed by atoms with Gasteiger partial charge in [0.2, 0.25) is 0 Å². The second-order valence-corrected chi connectivity index (χ2v) is 8.94. The molecule has 1 aliphatic carbocycles. The lowest BCUT2D eigenvalue weighted by Crippen LogP contribution is -2.58. The van der Waals surface area contributed by atoms with E-state index in [2.05, 4.69) is 30.9 Å². The van der Waals surface area contributed by atoms with Gasteiger partial charge >= 0.3 is 0 Å². The van der Waals surface area contributed by atoms with Crippen LogP contribution in [-0.2, 0) is 23.1 Å². The molecule has 3 rings (SSSR count). The largest absolute Gasteiger partial charge is 0.383 e. The van der Waals surface area contributed by atoms with Crippen LogP contribution < -0.4 is 5.32 Å². The normalized spacial score (nSPS) is 27.8. The average Bonchev–Trinajstić information content (AvgIpc) is 3.02. The smallest absolute Gasteiger partial charge is 0.115 e. The molecule has 1 saturated heterocycles. The molecule has 1 aliphatic heterocycles. The lowest BCUT2D eigenvalue weighted by Gasteiger charge is -2.49. The molecule has 5 heteroatoms. The third-order valence-corrected chi connectivity index (χ3v) is 7.49. The molecule has 0 radical (unpaired) electrons. The molecule has 3 nitrogen and oxygen atoms in total. The number of aryl methyl sites for hydroxylation is 2. The zero-order valence-electron chi connectivity index (χ0n) is 13.3. The second-order valence-electron chi connectivity index (χ2n) is 6.75. The van der Waals surface area contributed by atoms with Gasteiger partial charge in [-0.25, -0.2) is 4.98 Å². The van der Waals surface area contributed by atoms with Crippen LogP contribution in [0.5, 0.6) is 0 Å². The maximum atomic E-state index is 5.26. The first-order valence-corrected chi connectivity index (χ1v) is 9.87. The molecule has 21 heavy (non-hydrogen) atoms. The summed E-state index contributed by atoms with van der Waals surface area (Å²) in [5, 5.41) is 5.15. The third-order valence-electron chi connectivity index (χ3n) is 5.04. The van der Waals surface area contributed by atoms with Gasteiger partial charge in [-0.1, -0.05) is 13.8 Å². The Bertz CT molecular complexity index is 479. The van der Waals surface area contributed by atoms with Gasteiger partial charge in [-0.05, 0) is 36.9 Å². The number of methoxy groups -OCH3 is 1. The molecule has 0 saturated carbocycles. The van der Waals surface area contributed by atoms with Crippen molar-refractivity contribution in [2.24, 2.45) is 5.41 Å². The van der Waals surface area contributed by atoms with Crippen molar-refractivity contribution < 1.29 is 4.74 Å². The SMILES string of the molecule is COCCNC1(c2nc3c(s2)CCC3)CSCCC1(C)C. The summed E-state index contributed by atoms with van der Waals surface area (Å²) < 4.78 is 5.26. The number of aromatic nitrogens is 1. The Morgan fingerprint density at radius 2 is 2.19 bits per heavy atom. The number of ether oxygens (including phenoxy) is 1. The van der Waals surface area contributed by atoms with E-state index in [1.165, 1.54) is 47.0 Å². The van der Waals surface area contributed by atoms with E-state index < -0.39 is 0 Å². The van der Waals surface area contributed by atoms with E-state index in [-0.39, 0.29) is 11.0 Å². The fraction of sp³-hybridized carbons (Fsp3) is 0.812. The first kappa shape index (κ1) is 15.8. The molecule has 1 fully saturated rings. The van der Waals surface area contributed by atoms with Gasteiger partial charge in [0.05, 0.1) is 17.8 Å². The average molecular weight is 327 g/mol. The van der Waals surface area contributed by atoms with E-state index >= 15 is 0 Å². The Morgan fingerprint density at radius 3 is 2.90 bits per heavy atom. The monoisotopic (exact) mass is 326 g/mol. The number of rotatable bonds is 5. The number of hydrogen-bond acceptors (Lipinski definition) is 5. The lowest BCUT2D eigenvalue weighted by molar-refractivity contribution is 0.110. The van der Waals surface area contributed by atoms with Crippen molar-refractivity contribution in [1.82, 2.24) is 10.3 Å². The van der Waals surface area contributed by atoms with Gasteiger partial charge in [-0.15, -0.1) is 11.3 Å². The Labute approximate surface area is 136 Å². The molecule has 1 atom stereocenters. The van der Waals surface area contributed by atoms with Crippen LogP contribution in [-0.4, -0.2) is 36.8 Å². The molecular weight excluding hydrogens is 300 g/mol. The summed E-state index contributed by atoms with van der Waals surface area (Å²) >= 11 is 4.02. The molecule has 1 N–H and O–H groups in total. The van der Waals surface area contributed by atoms with E-state index in [1.54, 1.807) is 7.11 Å². The second kappa shape index (κ2) is 6.19. The van der Waals surface area contributed by atoms with Crippen molar-refractivity contribution in [1.29, 1.82) is 0 Å². The van der Waals surface area contributed by atoms with Gasteiger partial charge in [0.1, 0.15) is 5.01 Å². The molecule has 2 heterocycles. The van der Waals surface area contributed by atoms with E-state index in [0.29, 0.717) is 0 Å². The first-order valence-electron chi connectivity index (χ1n) is 7.90. The fourth-order valence-corrected chi connectivity index (χ4v) is 6.74. The van der Waals surface area contributed by atoms with Gasteiger partial charge in [0.15, 0.2) is 0 Å². The predicted octanol–water partition coefficient (Wildman–Crippen LogP) is 3.23. The summed E-state index contributed by atoms with van der Waals surface area (Å²) in [4.78, 5) is 6.59. The number of thioether (sulfide) groups is 1. The van der Waals surface area contributed by atoms with Crippen LogP contribution in [0.3, 0.4) is 0 Å². The summed E-state index contributed by atoms with van der Waals surface area (Å²) in [6, 6.07) is 0. The Kier molecular flexibility index (Phi) is 4.65. The predicted molar refractivity (Wildman–Crippen MR) is 91.4 cm³/mol. The zero-order chi connectivity index (χ0) is 14.9. The van der Waals surface area contributed by atoms with Crippen molar-refractivity contribution >= 4 is 23.1 Å². The molecule has 0 amide bonds. The van der Waals surface area contributed by atoms with E-state index in [9.17, 15) is 0 Å². The molecule has 2 aliphatic rings.